The Hall–Kier alpha value is -1.47. The van der Waals surface area contributed by atoms with Gasteiger partial charge in [-0.3, -0.25) is 14.6 Å². The summed E-state index contributed by atoms with van der Waals surface area (Å²) in [7, 11) is 1.71. The van der Waals surface area contributed by atoms with E-state index in [2.05, 4.69) is 38.6 Å². The molecule has 0 saturated carbocycles. The van der Waals surface area contributed by atoms with Gasteiger partial charge >= 0.3 is 0 Å². The third-order valence-electron chi connectivity index (χ3n) is 4.04. The molecule has 1 aliphatic heterocycles. The van der Waals surface area contributed by atoms with Crippen molar-refractivity contribution in [2.45, 2.75) is 19.1 Å². The van der Waals surface area contributed by atoms with Crippen molar-refractivity contribution in [1.82, 2.24) is 25.0 Å². The minimum atomic E-state index is 0. The molecule has 1 unspecified atom stereocenters. The van der Waals surface area contributed by atoms with Gasteiger partial charge in [0.25, 0.3) is 0 Å². The molecule has 1 aliphatic rings. The first-order valence-corrected chi connectivity index (χ1v) is 7.72. The largest absolute Gasteiger partial charge is 0.383 e. The van der Waals surface area contributed by atoms with E-state index in [1.807, 2.05) is 23.3 Å². The number of hydrogen-bond donors (Lipinski definition) is 1. The van der Waals surface area contributed by atoms with Crippen molar-refractivity contribution < 1.29 is 4.74 Å². The van der Waals surface area contributed by atoms with E-state index in [1.165, 1.54) is 11.1 Å². The number of rotatable bonds is 6. The summed E-state index contributed by atoms with van der Waals surface area (Å²) in [5.74, 6) is 0. The van der Waals surface area contributed by atoms with Crippen LogP contribution in [0.15, 0.2) is 36.9 Å². The summed E-state index contributed by atoms with van der Waals surface area (Å²) >= 11 is 0. The predicted molar refractivity (Wildman–Crippen MR) is 91.6 cm³/mol. The lowest BCUT2D eigenvalue weighted by Gasteiger charge is -2.36. The lowest BCUT2D eigenvalue weighted by molar-refractivity contribution is 0.153. The highest BCUT2D eigenvalue weighted by Crippen LogP contribution is 2.23. The van der Waals surface area contributed by atoms with Crippen molar-refractivity contribution in [2.24, 2.45) is 0 Å². The van der Waals surface area contributed by atoms with Crippen LogP contribution in [0.5, 0.6) is 0 Å². The van der Waals surface area contributed by atoms with Crippen LogP contribution in [0.25, 0.3) is 0 Å². The SMILES string of the molecule is COCCn1cc(CN2CCNCC2c2ccncc2)cn1.Cl. The first-order chi connectivity index (χ1) is 10.9. The zero-order chi connectivity index (χ0) is 15.2. The molecule has 7 heteroatoms. The Morgan fingerprint density at radius 3 is 2.96 bits per heavy atom. The van der Waals surface area contributed by atoms with E-state index in [9.17, 15) is 0 Å². The van der Waals surface area contributed by atoms with Gasteiger partial charge in [-0.25, -0.2) is 0 Å². The van der Waals surface area contributed by atoms with Crippen LogP contribution >= 0.6 is 12.4 Å². The average molecular weight is 338 g/mol. The number of ether oxygens (including phenoxy) is 1. The minimum Gasteiger partial charge on any atom is -0.383 e. The Labute approximate surface area is 143 Å². The number of aromatic nitrogens is 3. The van der Waals surface area contributed by atoms with Gasteiger partial charge in [0.15, 0.2) is 0 Å². The molecule has 126 valence electrons. The van der Waals surface area contributed by atoms with Gasteiger partial charge in [0, 0.05) is 63.5 Å². The highest BCUT2D eigenvalue weighted by atomic mass is 35.5. The van der Waals surface area contributed by atoms with Gasteiger partial charge in [-0.2, -0.15) is 5.10 Å². The van der Waals surface area contributed by atoms with Crippen LogP contribution < -0.4 is 5.32 Å². The second kappa shape index (κ2) is 8.98. The summed E-state index contributed by atoms with van der Waals surface area (Å²) in [4.78, 5) is 6.62. The van der Waals surface area contributed by atoms with Gasteiger partial charge in [-0.05, 0) is 17.7 Å². The van der Waals surface area contributed by atoms with E-state index in [4.69, 9.17) is 4.74 Å². The molecule has 2 aromatic rings. The van der Waals surface area contributed by atoms with Crippen LogP contribution in [0.3, 0.4) is 0 Å². The van der Waals surface area contributed by atoms with Crippen LogP contribution in [0.4, 0.5) is 0 Å². The number of hydrogen-bond acceptors (Lipinski definition) is 5. The van der Waals surface area contributed by atoms with Crippen molar-refractivity contribution in [3.8, 4) is 0 Å². The summed E-state index contributed by atoms with van der Waals surface area (Å²) < 4.78 is 7.04. The molecule has 6 nitrogen and oxygen atoms in total. The molecular weight excluding hydrogens is 314 g/mol. The number of nitrogens with one attached hydrogen (secondary N) is 1. The summed E-state index contributed by atoms with van der Waals surface area (Å²) in [6.45, 7) is 5.44. The highest BCUT2D eigenvalue weighted by Gasteiger charge is 2.23. The van der Waals surface area contributed by atoms with E-state index in [0.717, 1.165) is 32.7 Å². The number of pyridine rings is 1. The maximum atomic E-state index is 5.09. The number of piperazine rings is 1. The molecule has 1 N–H and O–H groups in total. The Bertz CT molecular complexity index is 577. The number of methoxy groups -OCH3 is 1. The van der Waals surface area contributed by atoms with E-state index in [-0.39, 0.29) is 12.4 Å². The molecule has 1 saturated heterocycles. The fourth-order valence-electron chi connectivity index (χ4n) is 2.88. The molecule has 0 amide bonds. The highest BCUT2D eigenvalue weighted by molar-refractivity contribution is 5.85. The Kier molecular flexibility index (Phi) is 6.98. The first-order valence-electron chi connectivity index (χ1n) is 7.72. The first kappa shape index (κ1) is 17.9. The molecule has 2 aromatic heterocycles. The number of nitrogens with zero attached hydrogens (tertiary/aromatic N) is 4. The van der Waals surface area contributed by atoms with Crippen LogP contribution in [0, 0.1) is 0 Å². The maximum Gasteiger partial charge on any atom is 0.0658 e. The molecule has 3 heterocycles. The van der Waals surface area contributed by atoms with E-state index in [0.29, 0.717) is 12.6 Å². The Morgan fingerprint density at radius 2 is 2.17 bits per heavy atom. The summed E-state index contributed by atoms with van der Waals surface area (Å²) in [5.41, 5.74) is 2.56. The van der Waals surface area contributed by atoms with Crippen molar-refractivity contribution in [3.05, 3.63) is 48.0 Å². The summed E-state index contributed by atoms with van der Waals surface area (Å²) in [6.07, 6.45) is 7.81. The van der Waals surface area contributed by atoms with Crippen molar-refractivity contribution in [2.75, 3.05) is 33.4 Å². The Morgan fingerprint density at radius 1 is 1.35 bits per heavy atom. The molecule has 0 aromatic carbocycles. The molecule has 0 bridgehead atoms. The quantitative estimate of drug-likeness (QED) is 0.865. The summed E-state index contributed by atoms with van der Waals surface area (Å²) in [5, 5.41) is 7.88. The molecule has 0 spiro atoms. The van der Waals surface area contributed by atoms with Crippen LogP contribution in [0.1, 0.15) is 17.2 Å². The lowest BCUT2D eigenvalue weighted by atomic mass is 10.0. The molecular formula is C16H24ClN5O. The molecule has 23 heavy (non-hydrogen) atoms. The van der Waals surface area contributed by atoms with E-state index >= 15 is 0 Å². The number of halogens is 1. The average Bonchev–Trinajstić information content (AvgIpc) is 3.02. The third kappa shape index (κ3) is 4.75. The van der Waals surface area contributed by atoms with Crippen molar-refractivity contribution in [3.63, 3.8) is 0 Å². The van der Waals surface area contributed by atoms with E-state index in [1.54, 1.807) is 7.11 Å². The molecule has 3 rings (SSSR count). The van der Waals surface area contributed by atoms with Crippen LogP contribution in [-0.4, -0.2) is 53.0 Å². The topological polar surface area (TPSA) is 55.2 Å². The minimum absolute atomic E-state index is 0. The van der Waals surface area contributed by atoms with Crippen molar-refractivity contribution in [1.29, 1.82) is 0 Å². The zero-order valence-corrected chi connectivity index (χ0v) is 14.2. The van der Waals surface area contributed by atoms with Gasteiger partial charge in [0.2, 0.25) is 0 Å². The molecule has 0 aliphatic carbocycles. The molecule has 1 atom stereocenters. The second-order valence-corrected chi connectivity index (χ2v) is 5.58. The third-order valence-corrected chi connectivity index (χ3v) is 4.04. The second-order valence-electron chi connectivity index (χ2n) is 5.58. The van der Waals surface area contributed by atoms with E-state index < -0.39 is 0 Å². The fraction of sp³-hybridized carbons (Fsp3) is 0.500. The van der Waals surface area contributed by atoms with Gasteiger partial charge in [-0.15, -0.1) is 12.4 Å². The standard InChI is InChI=1S/C16H23N5O.ClH/c1-22-9-8-21-13-14(10-19-21)12-20-7-6-18-11-16(20)15-2-4-17-5-3-15;/h2-5,10,13,16,18H,6-9,11-12H2,1H3;1H. The van der Waals surface area contributed by atoms with Gasteiger partial charge in [0.1, 0.15) is 0 Å². The smallest absolute Gasteiger partial charge is 0.0658 e. The molecule has 1 fully saturated rings. The predicted octanol–water partition coefficient (Wildman–Crippen LogP) is 1.49. The summed E-state index contributed by atoms with van der Waals surface area (Å²) in [6, 6.07) is 4.60. The van der Waals surface area contributed by atoms with Crippen LogP contribution in [-0.2, 0) is 17.8 Å². The van der Waals surface area contributed by atoms with Gasteiger partial charge < -0.3 is 10.1 Å². The lowest BCUT2D eigenvalue weighted by Crippen LogP contribution is -2.45. The monoisotopic (exact) mass is 337 g/mol. The fourth-order valence-corrected chi connectivity index (χ4v) is 2.88. The zero-order valence-electron chi connectivity index (χ0n) is 13.4. The molecule has 0 radical (unpaired) electrons. The maximum absolute atomic E-state index is 5.09. The normalized spacial score (nSPS) is 18.6. The van der Waals surface area contributed by atoms with Gasteiger partial charge in [0.05, 0.1) is 19.3 Å². The van der Waals surface area contributed by atoms with Crippen LogP contribution in [0.2, 0.25) is 0 Å². The Balaban J connectivity index is 0.00000192. The van der Waals surface area contributed by atoms with Crippen molar-refractivity contribution >= 4 is 12.4 Å². The van der Waals surface area contributed by atoms with Gasteiger partial charge in [-0.1, -0.05) is 0 Å².